The van der Waals surface area contributed by atoms with Gasteiger partial charge in [0.1, 0.15) is 0 Å². The highest BCUT2D eigenvalue weighted by atomic mass is 16.5. The number of likely N-dealkylation sites (N-methyl/N-ethyl adjacent to an activating group) is 1. The Morgan fingerprint density at radius 1 is 1.31 bits per heavy atom. The Balaban J connectivity index is 1.96. The van der Waals surface area contributed by atoms with E-state index in [4.69, 9.17) is 4.74 Å². The van der Waals surface area contributed by atoms with Crippen molar-refractivity contribution >= 4 is 0 Å². The molecule has 0 spiro atoms. The molecule has 1 saturated heterocycles. The molecule has 2 aliphatic rings. The van der Waals surface area contributed by atoms with Crippen LogP contribution in [0.15, 0.2) is 0 Å². The fourth-order valence-corrected chi connectivity index (χ4v) is 2.45. The predicted octanol–water partition coefficient (Wildman–Crippen LogP) is 1.94. The average molecular weight is 183 g/mol. The van der Waals surface area contributed by atoms with Crippen molar-refractivity contribution in [3.63, 3.8) is 0 Å². The van der Waals surface area contributed by atoms with E-state index in [0.717, 1.165) is 6.54 Å². The normalized spacial score (nSPS) is 42.2. The summed E-state index contributed by atoms with van der Waals surface area (Å²) >= 11 is 0. The van der Waals surface area contributed by atoms with Crippen molar-refractivity contribution in [2.45, 2.75) is 51.2 Å². The Morgan fingerprint density at radius 2 is 2.00 bits per heavy atom. The van der Waals surface area contributed by atoms with Gasteiger partial charge in [-0.15, -0.1) is 0 Å². The third-order valence-electron chi connectivity index (χ3n) is 4.08. The van der Waals surface area contributed by atoms with Crippen molar-refractivity contribution in [1.82, 2.24) is 5.32 Å². The van der Waals surface area contributed by atoms with Crippen LogP contribution in [0, 0.1) is 5.41 Å². The highest BCUT2D eigenvalue weighted by Crippen LogP contribution is 2.59. The Kier molecular flexibility index (Phi) is 2.16. The molecular weight excluding hydrogens is 162 g/mol. The zero-order valence-electron chi connectivity index (χ0n) is 9.02. The van der Waals surface area contributed by atoms with E-state index in [0.29, 0.717) is 11.5 Å². The van der Waals surface area contributed by atoms with E-state index >= 15 is 0 Å². The summed E-state index contributed by atoms with van der Waals surface area (Å²) in [5.41, 5.74) is 0.671. The molecule has 1 N–H and O–H groups in total. The molecule has 2 atom stereocenters. The van der Waals surface area contributed by atoms with Gasteiger partial charge in [-0.1, -0.05) is 6.92 Å². The molecule has 1 aliphatic carbocycles. The van der Waals surface area contributed by atoms with Crippen LogP contribution < -0.4 is 5.32 Å². The molecule has 0 aromatic rings. The molecular formula is C11H21NO. The minimum absolute atomic E-state index is 0.175. The molecule has 76 valence electrons. The topological polar surface area (TPSA) is 21.3 Å². The molecule has 2 heteroatoms. The fraction of sp³-hybridized carbons (Fsp3) is 1.00. The third kappa shape index (κ3) is 1.50. The molecule has 0 bridgehead atoms. The molecule has 1 saturated carbocycles. The maximum absolute atomic E-state index is 6.15. The van der Waals surface area contributed by atoms with Gasteiger partial charge in [0.25, 0.3) is 0 Å². The molecule has 0 radical (unpaired) electrons. The van der Waals surface area contributed by atoms with Crippen LogP contribution in [0.1, 0.15) is 39.5 Å². The predicted molar refractivity (Wildman–Crippen MR) is 53.8 cm³/mol. The van der Waals surface area contributed by atoms with Gasteiger partial charge in [-0.2, -0.15) is 0 Å². The van der Waals surface area contributed by atoms with Crippen molar-refractivity contribution in [3.8, 4) is 0 Å². The molecule has 2 rings (SSSR count). The van der Waals surface area contributed by atoms with E-state index in [1.807, 2.05) is 7.05 Å². The summed E-state index contributed by atoms with van der Waals surface area (Å²) in [6.45, 7) is 5.68. The minimum atomic E-state index is 0.175. The first kappa shape index (κ1) is 9.47. The van der Waals surface area contributed by atoms with Crippen LogP contribution in [-0.2, 0) is 4.74 Å². The number of rotatable bonds is 3. The van der Waals surface area contributed by atoms with Gasteiger partial charge in [-0.25, -0.2) is 0 Å². The van der Waals surface area contributed by atoms with Gasteiger partial charge in [-0.05, 0) is 45.1 Å². The lowest BCUT2D eigenvalue weighted by Crippen LogP contribution is -2.36. The first-order valence-electron chi connectivity index (χ1n) is 5.42. The van der Waals surface area contributed by atoms with Crippen LogP contribution in [0.25, 0.3) is 0 Å². The van der Waals surface area contributed by atoms with Crippen molar-refractivity contribution in [2.24, 2.45) is 5.41 Å². The Labute approximate surface area is 81.0 Å². The summed E-state index contributed by atoms with van der Waals surface area (Å²) in [7, 11) is 2.00. The van der Waals surface area contributed by atoms with Gasteiger partial charge >= 0.3 is 0 Å². The van der Waals surface area contributed by atoms with Crippen LogP contribution in [0.3, 0.4) is 0 Å². The van der Waals surface area contributed by atoms with Crippen molar-refractivity contribution in [3.05, 3.63) is 0 Å². The zero-order valence-corrected chi connectivity index (χ0v) is 9.02. The standard InChI is InChI=1S/C11H21NO/c1-10(6-7-10)11(2)5-4-9(13-11)8-12-3/h9,12H,4-8H2,1-3H3. The van der Waals surface area contributed by atoms with E-state index in [9.17, 15) is 0 Å². The van der Waals surface area contributed by atoms with Crippen molar-refractivity contribution < 1.29 is 4.74 Å². The summed E-state index contributed by atoms with van der Waals surface area (Å²) in [5, 5.41) is 3.19. The largest absolute Gasteiger partial charge is 0.370 e. The van der Waals surface area contributed by atoms with Crippen molar-refractivity contribution in [1.29, 1.82) is 0 Å². The second-order valence-corrected chi connectivity index (χ2v) is 5.13. The van der Waals surface area contributed by atoms with E-state index in [-0.39, 0.29) is 5.60 Å². The average Bonchev–Trinajstić information content (AvgIpc) is 2.71. The SMILES string of the molecule is CNCC1CCC(C)(C2(C)CC2)O1. The Bertz CT molecular complexity index is 200. The lowest BCUT2D eigenvalue weighted by molar-refractivity contribution is -0.0709. The van der Waals surface area contributed by atoms with Gasteiger partial charge in [0.2, 0.25) is 0 Å². The lowest BCUT2D eigenvalue weighted by atomic mass is 9.85. The van der Waals surface area contributed by atoms with Gasteiger partial charge < -0.3 is 10.1 Å². The van der Waals surface area contributed by atoms with Crippen LogP contribution in [0.5, 0.6) is 0 Å². The van der Waals surface area contributed by atoms with E-state index in [1.54, 1.807) is 0 Å². The van der Waals surface area contributed by atoms with Crippen LogP contribution in [0.2, 0.25) is 0 Å². The molecule has 0 amide bonds. The molecule has 0 aromatic carbocycles. The zero-order chi connectivity index (χ0) is 9.53. The van der Waals surface area contributed by atoms with Gasteiger partial charge in [-0.3, -0.25) is 0 Å². The second-order valence-electron chi connectivity index (χ2n) is 5.13. The van der Waals surface area contributed by atoms with Crippen LogP contribution >= 0.6 is 0 Å². The van der Waals surface area contributed by atoms with Crippen LogP contribution in [0.4, 0.5) is 0 Å². The second kappa shape index (κ2) is 2.96. The Hall–Kier alpha value is -0.0800. The molecule has 13 heavy (non-hydrogen) atoms. The van der Waals surface area contributed by atoms with E-state index < -0.39 is 0 Å². The quantitative estimate of drug-likeness (QED) is 0.722. The molecule has 0 aromatic heterocycles. The molecule has 2 nitrogen and oxygen atoms in total. The molecule has 2 fully saturated rings. The first-order chi connectivity index (χ1) is 6.10. The van der Waals surface area contributed by atoms with E-state index in [2.05, 4.69) is 19.2 Å². The number of hydrogen-bond donors (Lipinski definition) is 1. The smallest absolute Gasteiger partial charge is 0.0713 e. The summed E-state index contributed by atoms with van der Waals surface area (Å²) in [4.78, 5) is 0. The third-order valence-corrected chi connectivity index (χ3v) is 4.08. The Morgan fingerprint density at radius 3 is 2.54 bits per heavy atom. The summed E-state index contributed by atoms with van der Waals surface area (Å²) < 4.78 is 6.15. The summed E-state index contributed by atoms with van der Waals surface area (Å²) in [6, 6.07) is 0. The lowest BCUT2D eigenvalue weighted by Gasteiger charge is -2.32. The van der Waals surface area contributed by atoms with Gasteiger partial charge in [0.15, 0.2) is 0 Å². The highest BCUT2D eigenvalue weighted by Gasteiger charge is 2.56. The van der Waals surface area contributed by atoms with Gasteiger partial charge in [0, 0.05) is 6.54 Å². The summed E-state index contributed by atoms with van der Waals surface area (Å²) in [6.07, 6.45) is 5.64. The first-order valence-corrected chi connectivity index (χ1v) is 5.42. The number of ether oxygens (including phenoxy) is 1. The fourth-order valence-electron chi connectivity index (χ4n) is 2.45. The maximum atomic E-state index is 6.15. The van der Waals surface area contributed by atoms with Gasteiger partial charge in [0.05, 0.1) is 11.7 Å². The molecule has 1 aliphatic heterocycles. The minimum Gasteiger partial charge on any atom is -0.370 e. The monoisotopic (exact) mass is 183 g/mol. The number of hydrogen-bond acceptors (Lipinski definition) is 2. The molecule has 1 heterocycles. The van der Waals surface area contributed by atoms with E-state index in [1.165, 1.54) is 25.7 Å². The van der Waals surface area contributed by atoms with Crippen LogP contribution in [-0.4, -0.2) is 25.3 Å². The van der Waals surface area contributed by atoms with Crippen molar-refractivity contribution in [2.75, 3.05) is 13.6 Å². The number of nitrogens with one attached hydrogen (secondary N) is 1. The summed E-state index contributed by atoms with van der Waals surface area (Å²) in [5.74, 6) is 0. The highest BCUT2D eigenvalue weighted by molar-refractivity contribution is 5.07. The molecule has 2 unspecified atom stereocenters. The maximum Gasteiger partial charge on any atom is 0.0713 e.